The van der Waals surface area contributed by atoms with Crippen molar-refractivity contribution in [2.75, 3.05) is 6.26 Å². The van der Waals surface area contributed by atoms with E-state index in [0.29, 0.717) is 0 Å². The highest BCUT2D eigenvalue weighted by atomic mass is 79.9. The number of carboxylic acids is 1. The molecule has 0 atom stereocenters. The van der Waals surface area contributed by atoms with Crippen LogP contribution in [-0.4, -0.2) is 29.7 Å². The Bertz CT molecular complexity index is 447. The predicted molar refractivity (Wildman–Crippen MR) is 49.3 cm³/mol. The fraction of sp³-hybridized carbons (Fsp3) is 0.167. The molecule has 0 aliphatic heterocycles. The molecule has 0 aromatic carbocycles. The second kappa shape index (κ2) is 3.15. The molecule has 1 heterocycles. The van der Waals surface area contributed by atoms with E-state index in [0.717, 1.165) is 10.2 Å². The van der Waals surface area contributed by atoms with Gasteiger partial charge in [0.1, 0.15) is 10.3 Å². The van der Waals surface area contributed by atoms with E-state index in [-0.39, 0.29) is 10.3 Å². The number of aromatic nitrogens is 1. The van der Waals surface area contributed by atoms with Crippen LogP contribution in [0.2, 0.25) is 0 Å². The monoisotopic (exact) mass is 267 g/mol. The molecule has 7 heteroatoms. The Morgan fingerprint density at radius 1 is 1.54 bits per heavy atom. The molecule has 1 aromatic heterocycles. The summed E-state index contributed by atoms with van der Waals surface area (Å²) in [5.41, 5.74) is -0.283. The van der Waals surface area contributed by atoms with Gasteiger partial charge in [0.15, 0.2) is 0 Å². The summed E-state index contributed by atoms with van der Waals surface area (Å²) >= 11 is 2.94. The van der Waals surface area contributed by atoms with Gasteiger partial charge < -0.3 is 5.11 Å². The van der Waals surface area contributed by atoms with E-state index in [2.05, 4.69) is 15.9 Å². The van der Waals surface area contributed by atoms with Gasteiger partial charge in [-0.05, 0) is 28.1 Å². The summed E-state index contributed by atoms with van der Waals surface area (Å²) in [5, 5.41) is 8.64. The molecule has 0 unspecified atom stereocenters. The molecular formula is C6H6BrNO4S. The lowest BCUT2D eigenvalue weighted by Gasteiger charge is -2.03. The third-order valence-electron chi connectivity index (χ3n) is 1.34. The van der Waals surface area contributed by atoms with Crippen molar-refractivity contribution in [3.05, 3.63) is 22.4 Å². The van der Waals surface area contributed by atoms with Crippen LogP contribution in [-0.2, 0) is 10.0 Å². The minimum absolute atomic E-state index is 0.201. The first-order chi connectivity index (χ1) is 5.84. The number of hydrogen-bond acceptors (Lipinski definition) is 3. The fourth-order valence-corrected chi connectivity index (χ4v) is 2.88. The number of hydrogen-bond donors (Lipinski definition) is 1. The average molecular weight is 268 g/mol. The van der Waals surface area contributed by atoms with Gasteiger partial charge in [-0.2, -0.15) is 0 Å². The quantitative estimate of drug-likeness (QED) is 0.858. The molecule has 0 bridgehead atoms. The zero-order valence-corrected chi connectivity index (χ0v) is 8.96. The maximum Gasteiger partial charge on any atom is 0.353 e. The number of nitrogens with zero attached hydrogens (tertiary/aromatic N) is 1. The lowest BCUT2D eigenvalue weighted by atomic mass is 10.4. The Balaban J connectivity index is 3.51. The molecule has 1 aromatic rings. The molecule has 0 aliphatic carbocycles. The van der Waals surface area contributed by atoms with Crippen molar-refractivity contribution in [2.24, 2.45) is 0 Å². The summed E-state index contributed by atoms with van der Waals surface area (Å²) in [7, 11) is -3.58. The van der Waals surface area contributed by atoms with Crippen molar-refractivity contribution < 1.29 is 18.3 Å². The summed E-state index contributed by atoms with van der Waals surface area (Å²) < 4.78 is 23.1. The molecule has 0 spiro atoms. The Kier molecular flexibility index (Phi) is 2.49. The Morgan fingerprint density at radius 2 is 2.08 bits per heavy atom. The van der Waals surface area contributed by atoms with Gasteiger partial charge >= 0.3 is 5.97 Å². The first-order valence-electron chi connectivity index (χ1n) is 3.15. The highest BCUT2D eigenvalue weighted by Crippen LogP contribution is 2.17. The molecule has 72 valence electrons. The summed E-state index contributed by atoms with van der Waals surface area (Å²) in [6.07, 6.45) is 0.935. The van der Waals surface area contributed by atoms with Crippen LogP contribution in [0.1, 0.15) is 10.5 Å². The predicted octanol–water partition coefficient (Wildman–Crippen LogP) is 0.756. The molecule has 0 aliphatic rings. The van der Waals surface area contributed by atoms with Crippen LogP contribution in [0.3, 0.4) is 0 Å². The van der Waals surface area contributed by atoms with Crippen molar-refractivity contribution in [1.82, 2.24) is 3.97 Å². The van der Waals surface area contributed by atoms with Crippen LogP contribution in [0, 0.1) is 0 Å². The summed E-state index contributed by atoms with van der Waals surface area (Å²) in [6.45, 7) is 0. The lowest BCUT2D eigenvalue weighted by molar-refractivity contribution is 0.0689. The van der Waals surface area contributed by atoms with Gasteiger partial charge in [-0.1, -0.05) is 0 Å². The van der Waals surface area contributed by atoms with Gasteiger partial charge in [-0.25, -0.2) is 17.2 Å². The number of halogens is 1. The average Bonchev–Trinajstić information content (AvgIpc) is 2.28. The van der Waals surface area contributed by atoms with Crippen LogP contribution < -0.4 is 0 Å². The van der Waals surface area contributed by atoms with Crippen LogP contribution in [0.5, 0.6) is 0 Å². The van der Waals surface area contributed by atoms with Crippen molar-refractivity contribution in [1.29, 1.82) is 0 Å². The van der Waals surface area contributed by atoms with Crippen LogP contribution >= 0.6 is 15.9 Å². The second-order valence-electron chi connectivity index (χ2n) is 2.37. The number of rotatable bonds is 2. The van der Waals surface area contributed by atoms with Crippen LogP contribution in [0.15, 0.2) is 16.7 Å². The Morgan fingerprint density at radius 3 is 2.38 bits per heavy atom. The molecule has 0 radical (unpaired) electrons. The first kappa shape index (κ1) is 10.3. The van der Waals surface area contributed by atoms with Gasteiger partial charge in [-0.3, -0.25) is 0 Å². The van der Waals surface area contributed by atoms with Crippen molar-refractivity contribution in [2.45, 2.75) is 0 Å². The SMILES string of the molecule is CS(=O)(=O)n1c(Br)ccc1C(=O)O. The van der Waals surface area contributed by atoms with Crippen molar-refractivity contribution >= 4 is 31.9 Å². The van der Waals surface area contributed by atoms with Gasteiger partial charge in [0.25, 0.3) is 0 Å². The molecular weight excluding hydrogens is 262 g/mol. The molecule has 0 fully saturated rings. The number of carbonyl (C=O) groups is 1. The highest BCUT2D eigenvalue weighted by Gasteiger charge is 2.19. The molecule has 1 N–H and O–H groups in total. The van der Waals surface area contributed by atoms with E-state index in [1.807, 2.05) is 0 Å². The summed E-state index contributed by atoms with van der Waals surface area (Å²) in [5.74, 6) is -1.28. The van der Waals surface area contributed by atoms with E-state index in [1.165, 1.54) is 12.1 Å². The van der Waals surface area contributed by atoms with Gasteiger partial charge in [0, 0.05) is 0 Å². The molecule has 0 amide bonds. The van der Waals surface area contributed by atoms with E-state index in [9.17, 15) is 13.2 Å². The molecule has 5 nitrogen and oxygen atoms in total. The summed E-state index contributed by atoms with van der Waals surface area (Å²) in [4.78, 5) is 10.6. The van der Waals surface area contributed by atoms with E-state index in [1.54, 1.807) is 0 Å². The smallest absolute Gasteiger partial charge is 0.353 e. The largest absolute Gasteiger partial charge is 0.477 e. The highest BCUT2D eigenvalue weighted by molar-refractivity contribution is 9.10. The van der Waals surface area contributed by atoms with E-state index < -0.39 is 16.0 Å². The third-order valence-corrected chi connectivity index (χ3v) is 3.25. The maximum atomic E-state index is 11.1. The van der Waals surface area contributed by atoms with Crippen LogP contribution in [0.4, 0.5) is 0 Å². The van der Waals surface area contributed by atoms with Crippen LogP contribution in [0.25, 0.3) is 0 Å². The van der Waals surface area contributed by atoms with Gasteiger partial charge in [0.05, 0.1) is 6.26 Å². The lowest BCUT2D eigenvalue weighted by Crippen LogP contribution is -2.16. The molecule has 13 heavy (non-hydrogen) atoms. The topological polar surface area (TPSA) is 76.4 Å². The van der Waals surface area contributed by atoms with E-state index >= 15 is 0 Å². The Hall–Kier alpha value is -0.820. The normalized spacial score (nSPS) is 11.5. The summed E-state index contributed by atoms with van der Waals surface area (Å²) in [6, 6.07) is 2.58. The van der Waals surface area contributed by atoms with Gasteiger partial charge in [-0.15, -0.1) is 0 Å². The minimum Gasteiger partial charge on any atom is -0.477 e. The minimum atomic E-state index is -3.58. The zero-order valence-electron chi connectivity index (χ0n) is 6.56. The number of carboxylic acid groups (broad SMARTS) is 1. The fourth-order valence-electron chi connectivity index (χ4n) is 0.893. The zero-order chi connectivity index (χ0) is 10.2. The Labute approximate surface area is 83.2 Å². The van der Waals surface area contributed by atoms with Crippen molar-refractivity contribution in [3.63, 3.8) is 0 Å². The first-order valence-corrected chi connectivity index (χ1v) is 5.79. The second-order valence-corrected chi connectivity index (χ2v) is 5.02. The third kappa shape index (κ3) is 1.92. The van der Waals surface area contributed by atoms with Crippen molar-refractivity contribution in [3.8, 4) is 0 Å². The van der Waals surface area contributed by atoms with Gasteiger partial charge in [0.2, 0.25) is 10.0 Å². The standard InChI is InChI=1S/C6H6BrNO4S/c1-13(11,12)8-4(6(9)10)2-3-5(8)7/h2-3H,1H3,(H,9,10). The van der Waals surface area contributed by atoms with E-state index in [4.69, 9.17) is 5.11 Å². The number of aromatic carboxylic acids is 1. The molecule has 0 saturated carbocycles. The maximum absolute atomic E-state index is 11.1. The molecule has 1 rings (SSSR count). The molecule has 0 saturated heterocycles.